The Balaban J connectivity index is 1.83. The van der Waals surface area contributed by atoms with Crippen molar-refractivity contribution in [1.82, 2.24) is 15.0 Å². The van der Waals surface area contributed by atoms with Crippen LogP contribution in [0.25, 0.3) is 22.3 Å². The number of pyridine rings is 1. The third-order valence-electron chi connectivity index (χ3n) is 4.58. The zero-order valence-corrected chi connectivity index (χ0v) is 18.7. The van der Waals surface area contributed by atoms with Gasteiger partial charge in [-0.05, 0) is 48.9 Å². The second kappa shape index (κ2) is 9.69. The van der Waals surface area contributed by atoms with Gasteiger partial charge in [-0.3, -0.25) is 9.78 Å². The van der Waals surface area contributed by atoms with E-state index in [0.29, 0.717) is 29.5 Å². The molecule has 3 N–H and O–H groups in total. The molecular weight excluding hydrogens is 505 g/mol. The van der Waals surface area contributed by atoms with Gasteiger partial charge in [0.1, 0.15) is 11.6 Å². The van der Waals surface area contributed by atoms with Crippen molar-refractivity contribution in [3.63, 3.8) is 0 Å². The molecular formula is C23H20IN5O2. The standard InChI is InChI=1S/C23H20IN5O2/c24-10-4-12-31-16-8-9-20-18(13-16)23(28-19-7-2-1-6-17(19)21(25)30)29-22(27-20)15-5-3-11-26-14-15/h1-3,5-9,11,13-14H,4,10,12H2,(H2,25,30)(H,27,28,29). The molecule has 0 spiro atoms. The van der Waals surface area contributed by atoms with E-state index in [9.17, 15) is 4.79 Å². The first-order valence-corrected chi connectivity index (χ1v) is 11.2. The van der Waals surface area contributed by atoms with Crippen molar-refractivity contribution in [2.75, 3.05) is 16.4 Å². The summed E-state index contributed by atoms with van der Waals surface area (Å²) in [7, 11) is 0. The van der Waals surface area contributed by atoms with E-state index in [4.69, 9.17) is 20.4 Å². The number of fused-ring (bicyclic) bond motifs is 1. The fraction of sp³-hybridized carbons (Fsp3) is 0.130. The number of hydrogen-bond acceptors (Lipinski definition) is 6. The smallest absolute Gasteiger partial charge is 0.250 e. The van der Waals surface area contributed by atoms with Crippen LogP contribution in [0.15, 0.2) is 67.0 Å². The van der Waals surface area contributed by atoms with Crippen LogP contribution in [0.4, 0.5) is 11.5 Å². The number of halogens is 1. The molecule has 8 heteroatoms. The van der Waals surface area contributed by atoms with E-state index in [1.165, 1.54) is 0 Å². The summed E-state index contributed by atoms with van der Waals surface area (Å²) in [6, 6.07) is 16.5. The lowest BCUT2D eigenvalue weighted by Crippen LogP contribution is -2.13. The highest BCUT2D eigenvalue weighted by atomic mass is 127. The molecule has 0 saturated heterocycles. The molecule has 0 unspecified atom stereocenters. The maximum atomic E-state index is 11.9. The van der Waals surface area contributed by atoms with Crippen LogP contribution in [0.5, 0.6) is 5.75 Å². The predicted molar refractivity (Wildman–Crippen MR) is 130 cm³/mol. The highest BCUT2D eigenvalue weighted by Crippen LogP contribution is 2.31. The largest absolute Gasteiger partial charge is 0.494 e. The van der Waals surface area contributed by atoms with Crippen molar-refractivity contribution in [2.24, 2.45) is 5.73 Å². The Bertz CT molecular complexity index is 1220. The minimum absolute atomic E-state index is 0.381. The summed E-state index contributed by atoms with van der Waals surface area (Å²) in [5.74, 6) is 1.30. The molecule has 0 aliphatic carbocycles. The number of rotatable bonds is 8. The number of carbonyl (C=O) groups is 1. The van der Waals surface area contributed by atoms with Crippen LogP contribution >= 0.6 is 22.6 Å². The van der Waals surface area contributed by atoms with E-state index >= 15 is 0 Å². The predicted octanol–water partition coefficient (Wildman–Crippen LogP) is 4.74. The summed E-state index contributed by atoms with van der Waals surface area (Å²) in [6.45, 7) is 0.635. The van der Waals surface area contributed by atoms with Gasteiger partial charge in [0.05, 0.1) is 23.4 Å². The Kier molecular flexibility index (Phi) is 6.56. The molecule has 0 fully saturated rings. The van der Waals surface area contributed by atoms with Crippen LogP contribution in [0, 0.1) is 0 Å². The van der Waals surface area contributed by atoms with E-state index in [1.54, 1.807) is 30.6 Å². The minimum Gasteiger partial charge on any atom is -0.494 e. The van der Waals surface area contributed by atoms with Crippen LogP contribution in [-0.2, 0) is 0 Å². The number of hydrogen-bond donors (Lipinski definition) is 2. The van der Waals surface area contributed by atoms with Gasteiger partial charge >= 0.3 is 0 Å². The van der Waals surface area contributed by atoms with Crippen LogP contribution < -0.4 is 15.8 Å². The number of carbonyl (C=O) groups excluding carboxylic acids is 1. The first kappa shape index (κ1) is 21.0. The number of amides is 1. The maximum Gasteiger partial charge on any atom is 0.250 e. The number of anilines is 2. The first-order valence-electron chi connectivity index (χ1n) is 9.72. The second-order valence-corrected chi connectivity index (χ2v) is 7.82. The van der Waals surface area contributed by atoms with Gasteiger partial charge < -0.3 is 15.8 Å². The van der Waals surface area contributed by atoms with Crippen LogP contribution in [0.1, 0.15) is 16.8 Å². The molecule has 4 aromatic rings. The van der Waals surface area contributed by atoms with Crippen LogP contribution in [0.2, 0.25) is 0 Å². The highest BCUT2D eigenvalue weighted by Gasteiger charge is 2.14. The molecule has 7 nitrogen and oxygen atoms in total. The molecule has 31 heavy (non-hydrogen) atoms. The molecule has 0 aliphatic rings. The molecule has 2 aromatic heterocycles. The lowest BCUT2D eigenvalue weighted by molar-refractivity contribution is 0.100. The molecule has 2 heterocycles. The summed E-state index contributed by atoms with van der Waals surface area (Å²) in [5, 5.41) is 4.05. The fourth-order valence-corrected chi connectivity index (χ4v) is 3.41. The maximum absolute atomic E-state index is 11.9. The van der Waals surface area contributed by atoms with Gasteiger partial charge in [-0.2, -0.15) is 0 Å². The zero-order valence-electron chi connectivity index (χ0n) is 16.6. The van der Waals surface area contributed by atoms with Gasteiger partial charge in [0.25, 0.3) is 5.91 Å². The molecule has 0 saturated carbocycles. The average Bonchev–Trinajstić information content (AvgIpc) is 2.80. The number of primary amides is 1. The van der Waals surface area contributed by atoms with Crippen molar-refractivity contribution < 1.29 is 9.53 Å². The lowest BCUT2D eigenvalue weighted by atomic mass is 10.1. The van der Waals surface area contributed by atoms with Crippen LogP contribution in [-0.4, -0.2) is 31.9 Å². The van der Waals surface area contributed by atoms with E-state index in [-0.39, 0.29) is 0 Å². The number of alkyl halides is 1. The number of nitrogens with zero attached hydrogens (tertiary/aromatic N) is 3. The lowest BCUT2D eigenvalue weighted by Gasteiger charge is -2.14. The Morgan fingerprint density at radius 1 is 1.10 bits per heavy atom. The monoisotopic (exact) mass is 525 g/mol. The fourth-order valence-electron chi connectivity index (χ4n) is 3.10. The van der Waals surface area contributed by atoms with Crippen molar-refractivity contribution in [2.45, 2.75) is 6.42 Å². The Morgan fingerprint density at radius 3 is 2.74 bits per heavy atom. The average molecular weight is 525 g/mol. The third-order valence-corrected chi connectivity index (χ3v) is 5.34. The summed E-state index contributed by atoms with van der Waals surface area (Å²) in [6.07, 6.45) is 4.38. The van der Waals surface area contributed by atoms with Crippen molar-refractivity contribution >= 4 is 50.9 Å². The summed E-state index contributed by atoms with van der Waals surface area (Å²) in [4.78, 5) is 25.5. The summed E-state index contributed by atoms with van der Waals surface area (Å²) in [5.41, 5.74) is 8.04. The Morgan fingerprint density at radius 2 is 1.97 bits per heavy atom. The minimum atomic E-state index is -0.517. The zero-order chi connectivity index (χ0) is 21.6. The Labute approximate surface area is 193 Å². The molecule has 1 amide bonds. The van der Waals surface area contributed by atoms with Crippen molar-refractivity contribution in [3.05, 3.63) is 72.6 Å². The SMILES string of the molecule is NC(=O)c1ccccc1Nc1nc(-c2cccnc2)nc2ccc(OCCCI)cc12. The topological polar surface area (TPSA) is 103 Å². The molecule has 0 atom stereocenters. The number of para-hydroxylation sites is 1. The van der Waals surface area contributed by atoms with Gasteiger partial charge in [0.15, 0.2) is 5.82 Å². The van der Waals surface area contributed by atoms with Crippen LogP contribution in [0.3, 0.4) is 0 Å². The third kappa shape index (κ3) is 4.91. The van der Waals surface area contributed by atoms with E-state index < -0.39 is 5.91 Å². The number of benzene rings is 2. The van der Waals surface area contributed by atoms with E-state index in [1.807, 2.05) is 36.4 Å². The number of nitrogens with two attached hydrogens (primary N) is 1. The van der Waals surface area contributed by atoms with Gasteiger partial charge in [-0.25, -0.2) is 9.97 Å². The summed E-state index contributed by atoms with van der Waals surface area (Å²) < 4.78 is 6.89. The molecule has 156 valence electrons. The molecule has 0 bridgehead atoms. The van der Waals surface area contributed by atoms with Gasteiger partial charge in [0, 0.05) is 27.8 Å². The van der Waals surface area contributed by atoms with E-state index in [2.05, 4.69) is 32.9 Å². The molecule has 0 radical (unpaired) electrons. The number of aromatic nitrogens is 3. The van der Waals surface area contributed by atoms with E-state index in [0.717, 1.165) is 33.1 Å². The molecule has 0 aliphatic heterocycles. The van der Waals surface area contributed by atoms with Gasteiger partial charge in [-0.15, -0.1) is 0 Å². The quantitative estimate of drug-likeness (QED) is 0.196. The Hall–Kier alpha value is -3.27. The van der Waals surface area contributed by atoms with Gasteiger partial charge in [-0.1, -0.05) is 34.7 Å². The number of nitrogens with one attached hydrogen (secondary N) is 1. The number of ether oxygens (including phenoxy) is 1. The van der Waals surface area contributed by atoms with Crippen molar-refractivity contribution in [1.29, 1.82) is 0 Å². The molecule has 2 aromatic carbocycles. The second-order valence-electron chi connectivity index (χ2n) is 6.74. The highest BCUT2D eigenvalue weighted by molar-refractivity contribution is 14.1. The molecule has 4 rings (SSSR count). The van der Waals surface area contributed by atoms with Crippen molar-refractivity contribution in [3.8, 4) is 17.1 Å². The normalized spacial score (nSPS) is 10.7. The van der Waals surface area contributed by atoms with Gasteiger partial charge in [0.2, 0.25) is 0 Å². The first-order chi connectivity index (χ1) is 15.2. The summed E-state index contributed by atoms with van der Waals surface area (Å²) >= 11 is 2.33.